The topological polar surface area (TPSA) is 80.5 Å². The molecule has 1 fully saturated rings. The molecule has 1 saturated carbocycles. The lowest BCUT2D eigenvalue weighted by Gasteiger charge is -2.14. The number of hydrogen-bond acceptors (Lipinski definition) is 5. The van der Waals surface area contributed by atoms with E-state index in [1.54, 1.807) is 30.5 Å². The number of carbonyl (C=O) groups excluding carboxylic acids is 1. The lowest BCUT2D eigenvalue weighted by atomic mass is 10.0. The number of hydrogen-bond donors (Lipinski definition) is 2. The van der Waals surface area contributed by atoms with Gasteiger partial charge in [0.1, 0.15) is 0 Å². The molecule has 2 aromatic carbocycles. The fourth-order valence-corrected chi connectivity index (χ4v) is 4.35. The van der Waals surface area contributed by atoms with Gasteiger partial charge in [-0.15, -0.1) is 0 Å². The first-order valence-electron chi connectivity index (χ1n) is 12.7. The zero-order chi connectivity index (χ0) is 28.6. The van der Waals surface area contributed by atoms with Gasteiger partial charge in [-0.25, -0.2) is 13.9 Å². The van der Waals surface area contributed by atoms with E-state index in [1.165, 1.54) is 23.8 Å². The van der Waals surface area contributed by atoms with Gasteiger partial charge >= 0.3 is 6.18 Å². The van der Waals surface area contributed by atoms with E-state index < -0.39 is 18.4 Å². The maximum atomic E-state index is 14.4. The van der Waals surface area contributed by atoms with Gasteiger partial charge < -0.3 is 15.4 Å². The molecular formula is C29H27F4N5O2. The molecule has 0 atom stereocenters. The van der Waals surface area contributed by atoms with E-state index in [0.717, 1.165) is 18.4 Å². The molecule has 5 rings (SSSR count). The van der Waals surface area contributed by atoms with Gasteiger partial charge in [-0.3, -0.25) is 4.79 Å². The van der Waals surface area contributed by atoms with Gasteiger partial charge in [0.2, 0.25) is 0 Å². The van der Waals surface area contributed by atoms with Crippen LogP contribution in [-0.4, -0.2) is 46.4 Å². The van der Waals surface area contributed by atoms with Crippen molar-refractivity contribution in [2.75, 3.05) is 19.0 Å². The van der Waals surface area contributed by atoms with Crippen LogP contribution in [0.15, 0.2) is 55.2 Å². The third-order valence-corrected chi connectivity index (χ3v) is 6.68. The lowest BCUT2D eigenvalue weighted by molar-refractivity contribution is -0.131. The average Bonchev–Trinajstić information content (AvgIpc) is 3.61. The van der Waals surface area contributed by atoms with Crippen molar-refractivity contribution in [1.82, 2.24) is 19.9 Å². The molecule has 40 heavy (non-hydrogen) atoms. The predicted molar refractivity (Wildman–Crippen MR) is 144 cm³/mol. The molecular weight excluding hydrogens is 526 g/mol. The van der Waals surface area contributed by atoms with Gasteiger partial charge in [0.05, 0.1) is 36.8 Å². The normalized spacial score (nSPS) is 13.3. The van der Waals surface area contributed by atoms with Crippen molar-refractivity contribution in [3.8, 4) is 17.0 Å². The van der Waals surface area contributed by atoms with Crippen LogP contribution in [0.3, 0.4) is 0 Å². The molecule has 0 bridgehead atoms. The smallest absolute Gasteiger partial charge is 0.390 e. The zero-order valence-corrected chi connectivity index (χ0v) is 21.9. The highest BCUT2D eigenvalue weighted by Gasteiger charge is 2.27. The predicted octanol–water partition coefficient (Wildman–Crippen LogP) is 6.17. The van der Waals surface area contributed by atoms with E-state index in [0.29, 0.717) is 45.0 Å². The summed E-state index contributed by atoms with van der Waals surface area (Å²) in [5.41, 5.74) is 4.28. The minimum absolute atomic E-state index is 0.0657. The average molecular weight is 554 g/mol. The molecule has 1 aliphatic carbocycles. The fraction of sp³-hybridized carbons (Fsp3) is 0.276. The summed E-state index contributed by atoms with van der Waals surface area (Å²) in [6.45, 7) is 5.52. The van der Waals surface area contributed by atoms with Crippen LogP contribution in [0.4, 0.5) is 23.2 Å². The Morgan fingerprint density at radius 3 is 2.60 bits per heavy atom. The van der Waals surface area contributed by atoms with Crippen LogP contribution in [0.25, 0.3) is 22.5 Å². The third-order valence-electron chi connectivity index (χ3n) is 6.68. The summed E-state index contributed by atoms with van der Waals surface area (Å²) in [6.07, 6.45) is -1.86. The second-order valence-electron chi connectivity index (χ2n) is 9.72. The number of imidazole rings is 1. The van der Waals surface area contributed by atoms with E-state index in [1.807, 2.05) is 13.0 Å². The number of amides is 1. The Hall–Kier alpha value is -4.41. The molecule has 0 unspecified atom stereocenters. The molecule has 2 N–H and O–H groups in total. The number of halogens is 4. The van der Waals surface area contributed by atoms with Crippen LogP contribution in [0.5, 0.6) is 5.75 Å². The Morgan fingerprint density at radius 1 is 1.18 bits per heavy atom. The van der Waals surface area contributed by atoms with E-state index in [4.69, 9.17) is 4.74 Å². The zero-order valence-electron chi connectivity index (χ0n) is 21.9. The highest BCUT2D eigenvalue weighted by Crippen LogP contribution is 2.31. The number of methoxy groups -OCH3 is 1. The van der Waals surface area contributed by atoms with E-state index in [2.05, 4.69) is 27.3 Å². The highest BCUT2D eigenvalue weighted by atomic mass is 19.4. The van der Waals surface area contributed by atoms with Crippen molar-refractivity contribution in [2.24, 2.45) is 0 Å². The second-order valence-corrected chi connectivity index (χ2v) is 9.72. The van der Waals surface area contributed by atoms with Crippen molar-refractivity contribution in [2.45, 2.75) is 38.4 Å². The van der Waals surface area contributed by atoms with Gasteiger partial charge in [-0.2, -0.15) is 18.3 Å². The second kappa shape index (κ2) is 10.6. The van der Waals surface area contributed by atoms with Crippen molar-refractivity contribution in [3.63, 3.8) is 0 Å². The molecule has 4 aromatic rings. The summed E-state index contributed by atoms with van der Waals surface area (Å²) in [6, 6.07) is 11.5. The summed E-state index contributed by atoms with van der Waals surface area (Å²) >= 11 is 0. The molecule has 0 spiro atoms. The van der Waals surface area contributed by atoms with E-state index in [9.17, 15) is 22.4 Å². The van der Waals surface area contributed by atoms with Gasteiger partial charge in [0.25, 0.3) is 5.91 Å². The first kappa shape index (κ1) is 27.2. The SMILES string of the molecule is C=C(c1ccc(OC)c(F)c1)c1cc(NCCC(F)(F)F)c2ncc(-c3ccc(C(=O)NC4CC4)c(C)c3)n2n1. The number of alkyl halides is 3. The number of fused-ring (bicyclic) bond motifs is 1. The van der Waals surface area contributed by atoms with Crippen LogP contribution in [0.2, 0.25) is 0 Å². The van der Waals surface area contributed by atoms with Crippen molar-refractivity contribution in [1.29, 1.82) is 0 Å². The summed E-state index contributed by atoms with van der Waals surface area (Å²) in [5, 5.41) is 10.5. The quantitative estimate of drug-likeness (QED) is 0.242. The number of carbonyl (C=O) groups is 1. The molecule has 11 heteroatoms. The van der Waals surface area contributed by atoms with Crippen molar-refractivity contribution >= 4 is 22.8 Å². The maximum Gasteiger partial charge on any atom is 0.390 e. The Kier molecular flexibility index (Phi) is 7.22. The summed E-state index contributed by atoms with van der Waals surface area (Å²) in [4.78, 5) is 17.0. The maximum absolute atomic E-state index is 14.4. The van der Waals surface area contributed by atoms with Crippen LogP contribution in [0, 0.1) is 12.7 Å². The molecule has 0 radical (unpaired) electrons. The Balaban J connectivity index is 1.55. The van der Waals surface area contributed by atoms with Crippen LogP contribution in [0.1, 0.15) is 46.4 Å². The molecule has 1 aliphatic rings. The monoisotopic (exact) mass is 553 g/mol. The minimum Gasteiger partial charge on any atom is -0.494 e. The number of anilines is 1. The number of nitrogens with one attached hydrogen (secondary N) is 2. The molecule has 0 saturated heterocycles. The van der Waals surface area contributed by atoms with Crippen molar-refractivity contribution < 1.29 is 27.1 Å². The number of nitrogens with zero attached hydrogens (tertiary/aromatic N) is 3. The standard InChI is InChI=1S/C29H27F4N5O2/c1-16-12-19(4-8-21(16)28(39)36-20-6-7-20)25-15-35-27-24(34-11-10-29(31,32)33)14-23(37-38(25)27)17(2)18-5-9-26(40-3)22(30)13-18/h4-5,8-9,12-15,20,34H,2,6-7,10-11H2,1,3H3,(H,36,39). The van der Waals surface area contributed by atoms with Gasteiger partial charge in [0.15, 0.2) is 17.2 Å². The fourth-order valence-electron chi connectivity index (χ4n) is 4.35. The Morgan fingerprint density at radius 2 is 1.95 bits per heavy atom. The molecule has 7 nitrogen and oxygen atoms in total. The molecule has 2 heterocycles. The van der Waals surface area contributed by atoms with Crippen LogP contribution >= 0.6 is 0 Å². The highest BCUT2D eigenvalue weighted by molar-refractivity contribution is 5.96. The number of benzene rings is 2. The Bertz CT molecular complexity index is 1610. The van der Waals surface area contributed by atoms with Gasteiger partial charge in [-0.05, 0) is 61.2 Å². The number of aromatic nitrogens is 3. The number of ether oxygens (including phenoxy) is 1. The number of rotatable bonds is 9. The minimum atomic E-state index is -4.34. The number of aryl methyl sites for hydroxylation is 1. The molecule has 1 amide bonds. The van der Waals surface area contributed by atoms with Gasteiger partial charge in [0, 0.05) is 29.3 Å². The van der Waals surface area contributed by atoms with Crippen molar-refractivity contribution in [3.05, 3.63) is 83.4 Å². The van der Waals surface area contributed by atoms with Crippen LogP contribution < -0.4 is 15.4 Å². The molecule has 208 valence electrons. The van der Waals surface area contributed by atoms with Gasteiger partial charge in [-0.1, -0.05) is 18.7 Å². The van der Waals surface area contributed by atoms with Crippen LogP contribution in [-0.2, 0) is 0 Å². The van der Waals surface area contributed by atoms with E-state index in [-0.39, 0.29) is 24.2 Å². The summed E-state index contributed by atoms with van der Waals surface area (Å²) < 4.78 is 59.5. The molecule has 2 aromatic heterocycles. The first-order valence-corrected chi connectivity index (χ1v) is 12.7. The summed E-state index contributed by atoms with van der Waals surface area (Å²) in [5.74, 6) is -0.657. The van der Waals surface area contributed by atoms with E-state index >= 15 is 0 Å². The third kappa shape index (κ3) is 5.78. The Labute approximate surface area is 227 Å². The first-order chi connectivity index (χ1) is 19.0. The summed E-state index contributed by atoms with van der Waals surface area (Å²) in [7, 11) is 1.36. The largest absolute Gasteiger partial charge is 0.494 e. The molecule has 0 aliphatic heterocycles. The lowest BCUT2D eigenvalue weighted by Crippen LogP contribution is -2.26.